The van der Waals surface area contributed by atoms with Crippen molar-refractivity contribution in [2.24, 2.45) is 0 Å². The zero-order chi connectivity index (χ0) is 12.8. The van der Waals surface area contributed by atoms with Gasteiger partial charge in [0.25, 0.3) is 0 Å². The summed E-state index contributed by atoms with van der Waals surface area (Å²) >= 11 is 0. The molecule has 0 aromatic heterocycles. The van der Waals surface area contributed by atoms with Gasteiger partial charge in [0.15, 0.2) is 0 Å². The van der Waals surface area contributed by atoms with Crippen molar-refractivity contribution in [2.75, 3.05) is 0 Å². The highest BCUT2D eigenvalue weighted by Crippen LogP contribution is 2.18. The second-order valence-corrected chi connectivity index (χ2v) is 6.31. The van der Waals surface area contributed by atoms with Gasteiger partial charge in [-0.2, -0.15) is 0 Å². The Balaban J connectivity index is 1.96. The Bertz CT molecular complexity index is 488. The van der Waals surface area contributed by atoms with Crippen molar-refractivity contribution in [1.29, 1.82) is 0 Å². The molecule has 0 bridgehead atoms. The van der Waals surface area contributed by atoms with Crippen molar-refractivity contribution in [2.45, 2.75) is 38.1 Å². The third-order valence-electron chi connectivity index (χ3n) is 3.18. The third kappa shape index (κ3) is 4.27. The molecule has 0 amide bonds. The number of hydrogen-bond donors (Lipinski definition) is 1. The first-order valence-corrected chi connectivity index (χ1v) is 7.96. The van der Waals surface area contributed by atoms with Crippen LogP contribution >= 0.6 is 0 Å². The average Bonchev–Trinajstić information content (AvgIpc) is 2.38. The van der Waals surface area contributed by atoms with Crippen LogP contribution in [0.15, 0.2) is 35.7 Å². The minimum Gasteiger partial charge on any atom is -0.209 e. The molecule has 4 heteroatoms. The summed E-state index contributed by atoms with van der Waals surface area (Å²) in [5, 5.41) is 1.26. The van der Waals surface area contributed by atoms with Crippen LogP contribution < -0.4 is 4.72 Å². The number of rotatable bonds is 4. The fourth-order valence-electron chi connectivity index (χ4n) is 2.22. The lowest BCUT2D eigenvalue weighted by atomic mass is 9.96. The van der Waals surface area contributed by atoms with E-state index in [1.807, 2.05) is 30.3 Å². The van der Waals surface area contributed by atoms with Crippen LogP contribution in [0.3, 0.4) is 0 Å². The van der Waals surface area contributed by atoms with Crippen LogP contribution in [0.2, 0.25) is 0 Å². The zero-order valence-corrected chi connectivity index (χ0v) is 11.2. The summed E-state index contributed by atoms with van der Waals surface area (Å²) in [5.74, 6) is 0. The van der Waals surface area contributed by atoms with Gasteiger partial charge in [-0.15, -0.1) is 0 Å². The largest absolute Gasteiger partial charge is 0.233 e. The lowest BCUT2D eigenvalue weighted by Crippen LogP contribution is -2.34. The number of hydrogen-bond acceptors (Lipinski definition) is 2. The summed E-state index contributed by atoms with van der Waals surface area (Å²) in [7, 11) is -3.31. The molecule has 1 aromatic rings. The lowest BCUT2D eigenvalue weighted by molar-refractivity contribution is 0.413. The monoisotopic (exact) mass is 265 g/mol. The van der Waals surface area contributed by atoms with E-state index in [0.717, 1.165) is 31.2 Å². The van der Waals surface area contributed by atoms with Crippen molar-refractivity contribution >= 4 is 16.1 Å². The normalized spacial score (nSPS) is 18.2. The number of nitrogens with one attached hydrogen (secondary N) is 1. The van der Waals surface area contributed by atoms with Gasteiger partial charge in [0.05, 0.1) is 0 Å². The molecule has 1 fully saturated rings. The first kappa shape index (κ1) is 13.3. The molecule has 1 aliphatic rings. The topological polar surface area (TPSA) is 46.2 Å². The second kappa shape index (κ2) is 6.16. The molecule has 0 saturated heterocycles. The number of benzene rings is 1. The molecule has 0 spiro atoms. The molecule has 0 atom stereocenters. The molecule has 0 radical (unpaired) electrons. The molecule has 0 unspecified atom stereocenters. The van der Waals surface area contributed by atoms with E-state index in [0.29, 0.717) is 0 Å². The Kier molecular flexibility index (Phi) is 4.55. The maximum absolute atomic E-state index is 11.9. The average molecular weight is 265 g/mol. The molecule has 18 heavy (non-hydrogen) atoms. The maximum Gasteiger partial charge on any atom is 0.233 e. The first-order valence-electron chi connectivity index (χ1n) is 6.41. The van der Waals surface area contributed by atoms with E-state index in [-0.39, 0.29) is 6.04 Å². The number of sulfonamides is 1. The van der Waals surface area contributed by atoms with Gasteiger partial charge in [-0.3, -0.25) is 0 Å². The maximum atomic E-state index is 11.9. The van der Waals surface area contributed by atoms with Crippen LogP contribution in [-0.2, 0) is 10.0 Å². The van der Waals surface area contributed by atoms with Crippen LogP contribution in [0.5, 0.6) is 0 Å². The summed E-state index contributed by atoms with van der Waals surface area (Å²) in [6, 6.07) is 9.57. The highest BCUT2D eigenvalue weighted by atomic mass is 32.2. The Hall–Kier alpha value is -1.13. The van der Waals surface area contributed by atoms with Crippen molar-refractivity contribution in [1.82, 2.24) is 4.72 Å². The molecule has 1 saturated carbocycles. The second-order valence-electron chi connectivity index (χ2n) is 4.71. The van der Waals surface area contributed by atoms with Gasteiger partial charge in [-0.05, 0) is 24.5 Å². The Labute approximate surface area is 109 Å². The van der Waals surface area contributed by atoms with E-state index >= 15 is 0 Å². The van der Waals surface area contributed by atoms with Crippen LogP contribution in [0, 0.1) is 0 Å². The van der Waals surface area contributed by atoms with Crippen molar-refractivity contribution in [3.05, 3.63) is 41.3 Å². The predicted molar refractivity (Wildman–Crippen MR) is 74.4 cm³/mol. The fourth-order valence-corrected chi connectivity index (χ4v) is 3.34. The summed E-state index contributed by atoms with van der Waals surface area (Å²) < 4.78 is 26.5. The molecule has 2 rings (SSSR count). The molecular weight excluding hydrogens is 246 g/mol. The molecule has 1 aromatic carbocycles. The van der Waals surface area contributed by atoms with Gasteiger partial charge in [0.2, 0.25) is 10.0 Å². The van der Waals surface area contributed by atoms with Crippen molar-refractivity contribution in [3.8, 4) is 0 Å². The highest BCUT2D eigenvalue weighted by Gasteiger charge is 2.17. The van der Waals surface area contributed by atoms with Crippen molar-refractivity contribution in [3.63, 3.8) is 0 Å². The van der Waals surface area contributed by atoms with Gasteiger partial charge in [0, 0.05) is 11.4 Å². The van der Waals surface area contributed by atoms with E-state index in [4.69, 9.17) is 0 Å². The standard InChI is InChI=1S/C14H19NO2S/c16-18(17,15-14-9-5-2-6-10-14)12-11-13-7-3-1-4-8-13/h1,3-4,7-8,11-12,14-15H,2,5-6,9-10H2. The summed E-state index contributed by atoms with van der Waals surface area (Å²) in [5.41, 5.74) is 0.895. The summed E-state index contributed by atoms with van der Waals surface area (Å²) in [6.07, 6.45) is 7.01. The van der Waals surface area contributed by atoms with E-state index < -0.39 is 10.0 Å². The highest BCUT2D eigenvalue weighted by molar-refractivity contribution is 7.92. The Morgan fingerprint density at radius 1 is 1.06 bits per heavy atom. The van der Waals surface area contributed by atoms with Gasteiger partial charge >= 0.3 is 0 Å². The molecule has 0 aliphatic heterocycles. The van der Waals surface area contributed by atoms with Crippen LogP contribution in [0.1, 0.15) is 37.7 Å². The van der Waals surface area contributed by atoms with Crippen LogP contribution in [0.25, 0.3) is 6.08 Å². The molecule has 0 heterocycles. The van der Waals surface area contributed by atoms with Gasteiger partial charge in [0.1, 0.15) is 0 Å². The SMILES string of the molecule is O=S(=O)(C=Cc1ccccc1)NC1CCCCC1. The molecular formula is C14H19NO2S. The zero-order valence-electron chi connectivity index (χ0n) is 10.4. The molecule has 3 nitrogen and oxygen atoms in total. The van der Waals surface area contributed by atoms with Gasteiger partial charge < -0.3 is 0 Å². The van der Waals surface area contributed by atoms with E-state index in [1.54, 1.807) is 6.08 Å². The minimum absolute atomic E-state index is 0.115. The van der Waals surface area contributed by atoms with Gasteiger partial charge in [-0.1, -0.05) is 49.6 Å². The van der Waals surface area contributed by atoms with Gasteiger partial charge in [-0.25, -0.2) is 13.1 Å². The molecule has 98 valence electrons. The minimum atomic E-state index is -3.31. The first-order chi connectivity index (χ1) is 8.66. The predicted octanol–water partition coefficient (Wildman–Crippen LogP) is 2.91. The third-order valence-corrected chi connectivity index (χ3v) is 4.33. The molecule has 1 N–H and O–H groups in total. The summed E-state index contributed by atoms with van der Waals surface area (Å²) in [6.45, 7) is 0. The molecule has 1 aliphatic carbocycles. The fraction of sp³-hybridized carbons (Fsp3) is 0.429. The lowest BCUT2D eigenvalue weighted by Gasteiger charge is -2.21. The smallest absolute Gasteiger partial charge is 0.209 e. The Morgan fingerprint density at radius 2 is 1.72 bits per heavy atom. The Morgan fingerprint density at radius 3 is 2.39 bits per heavy atom. The van der Waals surface area contributed by atoms with Crippen molar-refractivity contribution < 1.29 is 8.42 Å². The summed E-state index contributed by atoms with van der Waals surface area (Å²) in [4.78, 5) is 0. The van der Waals surface area contributed by atoms with E-state index in [1.165, 1.54) is 11.8 Å². The quantitative estimate of drug-likeness (QED) is 0.910. The van der Waals surface area contributed by atoms with Crippen LogP contribution in [-0.4, -0.2) is 14.5 Å². The van der Waals surface area contributed by atoms with E-state index in [9.17, 15) is 8.42 Å². The van der Waals surface area contributed by atoms with E-state index in [2.05, 4.69) is 4.72 Å². The van der Waals surface area contributed by atoms with Crippen LogP contribution in [0.4, 0.5) is 0 Å².